The van der Waals surface area contributed by atoms with Gasteiger partial charge >= 0.3 is 0 Å². The first-order valence-electron chi connectivity index (χ1n) is 33.9. The lowest BCUT2D eigenvalue weighted by molar-refractivity contribution is 0.394. The van der Waals surface area contributed by atoms with Gasteiger partial charge < -0.3 is 0 Å². The predicted molar refractivity (Wildman–Crippen MR) is 366 cm³/mol. The van der Waals surface area contributed by atoms with Crippen molar-refractivity contribution in [1.29, 1.82) is 0 Å². The topological polar surface area (TPSA) is 0 Å². The summed E-state index contributed by atoms with van der Waals surface area (Å²) in [4.78, 5) is 0. The fraction of sp³-hybridized carbons (Fsp3) is 0.525. The molecule has 0 saturated carbocycles. The van der Waals surface area contributed by atoms with Gasteiger partial charge in [0.05, 0.1) is 0 Å². The maximum absolute atomic E-state index is 4.11. The second-order valence-electron chi connectivity index (χ2n) is 27.7. The molecule has 11 rings (SSSR count). The summed E-state index contributed by atoms with van der Waals surface area (Å²) < 4.78 is 2.43. The van der Waals surface area contributed by atoms with Gasteiger partial charge in [-0.05, 0) is 185 Å². The molecule has 0 unspecified atom stereocenters. The molecule has 0 N–H and O–H groups in total. The number of halogens is 2. The maximum atomic E-state index is 4.11. The number of rotatable bonds is 30. The molecule has 0 atom stereocenters. The standard InChI is InChI=1S/C80H100Br2/c1-9-13-17-21-25-29-37-45-80(46-38-30-26-22-18-14-10-2)68-50-61-59-47-65-63(75-57-41-33-31-39-55(57)73(81)53-71(75)77(65,5)6)51-69(59)79(43-35-27-23-19-15-11-3,44-36-28-24-20-16-12-4)67(61)49-62(68)60-48-66-64(52-70(60)80)76-58-42-34-32-40-56(58)74(82)54-72(76)78(66,7)8/h31-34,39-42,47-54H,9-30,35-38,43-46H2,1-8H3. The van der Waals surface area contributed by atoms with Crippen molar-refractivity contribution in [1.82, 2.24) is 0 Å². The number of fused-ring (bicyclic) bond motifs is 16. The van der Waals surface area contributed by atoms with E-state index in [-0.39, 0.29) is 21.7 Å². The number of benzene rings is 7. The first kappa shape index (κ1) is 59.7. The van der Waals surface area contributed by atoms with Crippen LogP contribution in [0, 0.1) is 0 Å². The van der Waals surface area contributed by atoms with Crippen LogP contribution in [0.3, 0.4) is 0 Å². The SMILES string of the molecule is CCCCCCCCCC1(CCCCCCCCC)c2cc3c(cc2-c2cc4c(cc21)-c1cc2c(cc1C4(CCCCCCCC)CCCCCCCC)-c1c(cc(Br)c4ccccc14)C2(C)C)C(C)(C)c1cc(Br)c2ccccc2c1-3. The Morgan fingerprint density at radius 2 is 0.512 bits per heavy atom. The molecule has 7 aromatic carbocycles. The normalized spacial score (nSPS) is 15.8. The molecule has 0 aliphatic heterocycles. The minimum absolute atomic E-state index is 0.0535. The van der Waals surface area contributed by atoms with Gasteiger partial charge in [-0.25, -0.2) is 0 Å². The van der Waals surface area contributed by atoms with Crippen LogP contribution in [0.2, 0.25) is 0 Å². The van der Waals surface area contributed by atoms with E-state index < -0.39 is 0 Å². The zero-order chi connectivity index (χ0) is 57.2. The van der Waals surface area contributed by atoms with E-state index in [4.69, 9.17) is 0 Å². The molecule has 0 saturated heterocycles. The van der Waals surface area contributed by atoms with Gasteiger partial charge in [-0.2, -0.15) is 0 Å². The fourth-order valence-electron chi connectivity index (χ4n) is 17.0. The van der Waals surface area contributed by atoms with Crippen LogP contribution in [0.25, 0.3) is 66.1 Å². The summed E-state index contributed by atoms with van der Waals surface area (Å²) in [7, 11) is 0. The average molecular weight is 1220 g/mol. The second kappa shape index (κ2) is 25.5. The van der Waals surface area contributed by atoms with Crippen LogP contribution < -0.4 is 0 Å². The van der Waals surface area contributed by atoms with Crippen molar-refractivity contribution in [3.8, 4) is 44.5 Å². The third kappa shape index (κ3) is 10.7. The fourth-order valence-corrected chi connectivity index (χ4v) is 18.2. The van der Waals surface area contributed by atoms with Crippen molar-refractivity contribution in [2.45, 2.75) is 270 Å². The lowest BCUT2D eigenvalue weighted by atomic mass is 9.68. The van der Waals surface area contributed by atoms with Gasteiger partial charge in [0.25, 0.3) is 0 Å². The van der Waals surface area contributed by atoms with E-state index in [2.05, 4.69) is 184 Å². The molecule has 0 heterocycles. The molecule has 0 bridgehead atoms. The van der Waals surface area contributed by atoms with Crippen LogP contribution in [-0.2, 0) is 21.7 Å². The van der Waals surface area contributed by atoms with Crippen LogP contribution in [0.5, 0.6) is 0 Å². The van der Waals surface area contributed by atoms with Crippen molar-refractivity contribution in [2.24, 2.45) is 0 Å². The van der Waals surface area contributed by atoms with E-state index in [1.807, 2.05) is 0 Å². The van der Waals surface area contributed by atoms with Crippen molar-refractivity contribution in [3.63, 3.8) is 0 Å². The smallest absolute Gasteiger partial charge is 0.0257 e. The van der Waals surface area contributed by atoms with Crippen LogP contribution in [-0.4, -0.2) is 0 Å². The lowest BCUT2D eigenvalue weighted by Gasteiger charge is -2.35. The molecule has 0 aromatic heterocycles. The molecule has 0 spiro atoms. The van der Waals surface area contributed by atoms with Gasteiger partial charge in [0.2, 0.25) is 0 Å². The lowest BCUT2D eigenvalue weighted by Crippen LogP contribution is -2.27. The van der Waals surface area contributed by atoms with E-state index in [1.165, 1.54) is 268 Å². The molecule has 7 aromatic rings. The monoisotopic (exact) mass is 1220 g/mol. The first-order chi connectivity index (χ1) is 39.9. The number of hydrogen-bond acceptors (Lipinski definition) is 0. The highest BCUT2D eigenvalue weighted by molar-refractivity contribution is 9.11. The molecule has 0 fully saturated rings. The zero-order valence-electron chi connectivity index (χ0n) is 52.2. The highest BCUT2D eigenvalue weighted by Gasteiger charge is 2.51. The summed E-state index contributed by atoms with van der Waals surface area (Å²) in [5.41, 5.74) is 24.5. The summed E-state index contributed by atoms with van der Waals surface area (Å²) in [6.45, 7) is 19.5. The Bertz CT molecular complexity index is 3380. The molecule has 82 heavy (non-hydrogen) atoms. The first-order valence-corrected chi connectivity index (χ1v) is 35.5. The maximum Gasteiger partial charge on any atom is 0.0257 e. The molecular weight excluding hydrogens is 1120 g/mol. The molecule has 2 heteroatoms. The number of hydrogen-bond donors (Lipinski definition) is 0. The third-order valence-corrected chi connectivity index (χ3v) is 23.0. The Hall–Kier alpha value is -3.98. The average Bonchev–Trinajstić information content (AvgIpc) is 2.02. The van der Waals surface area contributed by atoms with Crippen molar-refractivity contribution < 1.29 is 0 Å². The van der Waals surface area contributed by atoms with Crippen LogP contribution in [0.15, 0.2) is 106 Å². The molecule has 4 aliphatic rings. The Morgan fingerprint density at radius 1 is 0.268 bits per heavy atom. The van der Waals surface area contributed by atoms with Crippen LogP contribution >= 0.6 is 31.9 Å². The Balaban J connectivity index is 1.15. The van der Waals surface area contributed by atoms with Crippen molar-refractivity contribution in [3.05, 3.63) is 151 Å². The van der Waals surface area contributed by atoms with E-state index in [0.29, 0.717) is 0 Å². The van der Waals surface area contributed by atoms with E-state index in [1.54, 1.807) is 44.5 Å². The Morgan fingerprint density at radius 3 is 0.805 bits per heavy atom. The summed E-state index contributed by atoms with van der Waals surface area (Å²) >= 11 is 8.22. The van der Waals surface area contributed by atoms with Gasteiger partial charge in [0.15, 0.2) is 0 Å². The van der Waals surface area contributed by atoms with Crippen molar-refractivity contribution >= 4 is 53.4 Å². The van der Waals surface area contributed by atoms with Crippen LogP contribution in [0.1, 0.15) is 293 Å². The van der Waals surface area contributed by atoms with E-state index in [0.717, 1.165) is 0 Å². The van der Waals surface area contributed by atoms with Crippen LogP contribution in [0.4, 0.5) is 0 Å². The van der Waals surface area contributed by atoms with Gasteiger partial charge in [0, 0.05) is 30.6 Å². The summed E-state index contributed by atoms with van der Waals surface area (Å²) in [6, 6.07) is 40.5. The molecular formula is C80H100Br2. The largest absolute Gasteiger partial charge is 0.0654 e. The summed E-state index contributed by atoms with van der Waals surface area (Å²) in [6.07, 6.45) is 39.6. The zero-order valence-corrected chi connectivity index (χ0v) is 55.4. The van der Waals surface area contributed by atoms with Gasteiger partial charge in [-0.15, -0.1) is 0 Å². The van der Waals surface area contributed by atoms with Gasteiger partial charge in [-0.3, -0.25) is 0 Å². The molecule has 434 valence electrons. The van der Waals surface area contributed by atoms with E-state index in [9.17, 15) is 0 Å². The molecule has 4 aliphatic carbocycles. The Kier molecular flexibility index (Phi) is 18.6. The van der Waals surface area contributed by atoms with Gasteiger partial charge in [0.1, 0.15) is 0 Å². The minimum Gasteiger partial charge on any atom is -0.0654 e. The molecule has 0 radical (unpaired) electrons. The highest BCUT2D eigenvalue weighted by Crippen LogP contribution is 2.65. The van der Waals surface area contributed by atoms with E-state index >= 15 is 0 Å². The second-order valence-corrected chi connectivity index (χ2v) is 29.4. The quantitative estimate of drug-likeness (QED) is 0.0394. The Labute approximate surface area is 514 Å². The predicted octanol–water partition coefficient (Wildman–Crippen LogP) is 26.4. The minimum atomic E-state index is -0.135. The summed E-state index contributed by atoms with van der Waals surface area (Å²) in [5, 5.41) is 5.43. The number of unbranched alkanes of at least 4 members (excludes halogenated alkanes) is 22. The molecule has 0 nitrogen and oxygen atoms in total. The third-order valence-electron chi connectivity index (χ3n) is 21.7. The molecule has 0 amide bonds. The summed E-state index contributed by atoms with van der Waals surface area (Å²) in [5.74, 6) is 0. The van der Waals surface area contributed by atoms with Crippen molar-refractivity contribution in [2.75, 3.05) is 0 Å². The van der Waals surface area contributed by atoms with Gasteiger partial charge in [-0.1, -0.05) is 303 Å². The highest BCUT2D eigenvalue weighted by atomic mass is 79.9.